The van der Waals surface area contributed by atoms with E-state index in [-0.39, 0.29) is 22.7 Å². The molecule has 0 amide bonds. The first-order chi connectivity index (χ1) is 11.9. The SMILES string of the molecule is CC.CC(C)c1cc(F)c(-c2cc(N)c(C#N)c3c2OCC3)c(F)c1. The Balaban J connectivity index is 0.00000109. The first-order valence-corrected chi connectivity index (χ1v) is 8.41. The van der Waals surface area contributed by atoms with Gasteiger partial charge in [0.1, 0.15) is 23.5 Å². The lowest BCUT2D eigenvalue weighted by Crippen LogP contribution is -2.01. The van der Waals surface area contributed by atoms with Gasteiger partial charge in [-0.2, -0.15) is 5.26 Å². The van der Waals surface area contributed by atoms with Crippen LogP contribution in [0.4, 0.5) is 14.5 Å². The lowest BCUT2D eigenvalue weighted by molar-refractivity contribution is 0.357. The molecule has 5 heteroatoms. The van der Waals surface area contributed by atoms with E-state index < -0.39 is 11.6 Å². The molecule has 0 atom stereocenters. The lowest BCUT2D eigenvalue weighted by Gasteiger charge is -2.15. The topological polar surface area (TPSA) is 59.0 Å². The van der Waals surface area contributed by atoms with Gasteiger partial charge in [0, 0.05) is 17.5 Å². The first kappa shape index (κ1) is 18.7. The maximum atomic E-state index is 14.5. The molecule has 2 N–H and O–H groups in total. The number of nitrogens with two attached hydrogens (primary N) is 1. The minimum absolute atomic E-state index is 0.0149. The van der Waals surface area contributed by atoms with Gasteiger partial charge in [-0.05, 0) is 29.7 Å². The summed E-state index contributed by atoms with van der Waals surface area (Å²) in [5.41, 5.74) is 7.73. The summed E-state index contributed by atoms with van der Waals surface area (Å²) >= 11 is 0. The average Bonchev–Trinajstić information content (AvgIpc) is 3.05. The van der Waals surface area contributed by atoms with E-state index in [1.54, 1.807) is 0 Å². The Labute approximate surface area is 147 Å². The Morgan fingerprint density at radius 1 is 1.16 bits per heavy atom. The van der Waals surface area contributed by atoms with Crippen molar-refractivity contribution in [2.24, 2.45) is 0 Å². The van der Waals surface area contributed by atoms with E-state index in [2.05, 4.69) is 0 Å². The summed E-state index contributed by atoms with van der Waals surface area (Å²) < 4.78 is 34.6. The van der Waals surface area contributed by atoms with Crippen molar-refractivity contribution in [3.63, 3.8) is 0 Å². The largest absolute Gasteiger partial charge is 0.492 e. The minimum Gasteiger partial charge on any atom is -0.492 e. The second-order valence-corrected chi connectivity index (χ2v) is 5.92. The molecule has 0 bridgehead atoms. The molecule has 3 nitrogen and oxygen atoms in total. The molecule has 0 fully saturated rings. The van der Waals surface area contributed by atoms with Gasteiger partial charge in [-0.25, -0.2) is 8.78 Å². The van der Waals surface area contributed by atoms with Crippen molar-refractivity contribution < 1.29 is 13.5 Å². The van der Waals surface area contributed by atoms with Crippen molar-refractivity contribution >= 4 is 5.69 Å². The van der Waals surface area contributed by atoms with Gasteiger partial charge in [-0.15, -0.1) is 0 Å². The highest BCUT2D eigenvalue weighted by Gasteiger charge is 2.27. The number of ether oxygens (including phenoxy) is 1. The lowest BCUT2D eigenvalue weighted by atomic mass is 9.93. The highest BCUT2D eigenvalue weighted by Crippen LogP contribution is 2.43. The molecule has 1 heterocycles. The van der Waals surface area contributed by atoms with Crippen molar-refractivity contribution in [1.29, 1.82) is 5.26 Å². The van der Waals surface area contributed by atoms with E-state index in [9.17, 15) is 14.0 Å². The molecular weight excluding hydrogens is 322 g/mol. The number of fused-ring (bicyclic) bond motifs is 1. The fourth-order valence-corrected chi connectivity index (χ4v) is 2.90. The molecule has 1 aliphatic heterocycles. The maximum absolute atomic E-state index is 14.5. The van der Waals surface area contributed by atoms with Crippen LogP contribution in [-0.2, 0) is 6.42 Å². The normalized spacial score (nSPS) is 12.1. The molecule has 0 aromatic heterocycles. The minimum atomic E-state index is -0.657. The monoisotopic (exact) mass is 344 g/mol. The van der Waals surface area contributed by atoms with Gasteiger partial charge >= 0.3 is 0 Å². The summed E-state index contributed by atoms with van der Waals surface area (Å²) in [5, 5.41) is 9.22. The van der Waals surface area contributed by atoms with Crippen LogP contribution in [0.5, 0.6) is 5.75 Å². The number of anilines is 1. The van der Waals surface area contributed by atoms with Crippen molar-refractivity contribution in [3.05, 3.63) is 46.5 Å². The van der Waals surface area contributed by atoms with E-state index in [1.165, 1.54) is 18.2 Å². The van der Waals surface area contributed by atoms with Crippen LogP contribution in [0.15, 0.2) is 18.2 Å². The summed E-state index contributed by atoms with van der Waals surface area (Å²) in [6.45, 7) is 8.11. The molecule has 3 rings (SSSR count). The molecular formula is C20H22F2N2O. The maximum Gasteiger partial charge on any atom is 0.134 e. The number of nitrogen functional groups attached to an aromatic ring is 1. The third-order valence-electron chi connectivity index (χ3n) is 4.12. The second-order valence-electron chi connectivity index (χ2n) is 5.92. The van der Waals surface area contributed by atoms with Gasteiger partial charge < -0.3 is 10.5 Å². The van der Waals surface area contributed by atoms with Crippen LogP contribution >= 0.6 is 0 Å². The highest BCUT2D eigenvalue weighted by molar-refractivity contribution is 5.81. The van der Waals surface area contributed by atoms with Gasteiger partial charge in [0.15, 0.2) is 0 Å². The van der Waals surface area contributed by atoms with Crippen LogP contribution in [0.2, 0.25) is 0 Å². The summed E-state index contributed by atoms with van der Waals surface area (Å²) in [7, 11) is 0. The van der Waals surface area contributed by atoms with Crippen molar-refractivity contribution in [1.82, 2.24) is 0 Å². The molecule has 0 saturated carbocycles. The molecule has 132 valence electrons. The Kier molecular flexibility index (Phi) is 5.63. The Morgan fingerprint density at radius 2 is 1.76 bits per heavy atom. The predicted molar refractivity (Wildman–Crippen MR) is 95.6 cm³/mol. The zero-order valence-electron chi connectivity index (χ0n) is 14.9. The Bertz CT molecular complexity index is 816. The molecule has 0 spiro atoms. The third kappa shape index (κ3) is 3.30. The summed E-state index contributed by atoms with van der Waals surface area (Å²) in [4.78, 5) is 0. The third-order valence-corrected chi connectivity index (χ3v) is 4.12. The molecule has 2 aromatic rings. The zero-order chi connectivity index (χ0) is 18.7. The average molecular weight is 344 g/mol. The molecule has 25 heavy (non-hydrogen) atoms. The van der Waals surface area contributed by atoms with E-state index in [4.69, 9.17) is 10.5 Å². The van der Waals surface area contributed by atoms with Gasteiger partial charge in [-0.3, -0.25) is 0 Å². The number of nitrogens with zero attached hydrogens (tertiary/aromatic N) is 1. The summed E-state index contributed by atoms with van der Waals surface area (Å²) in [6.07, 6.45) is 0.504. The number of rotatable bonds is 2. The smallest absolute Gasteiger partial charge is 0.134 e. The van der Waals surface area contributed by atoms with Crippen molar-refractivity contribution in [2.75, 3.05) is 12.3 Å². The van der Waals surface area contributed by atoms with Gasteiger partial charge in [0.25, 0.3) is 0 Å². The molecule has 0 aliphatic carbocycles. The van der Waals surface area contributed by atoms with Gasteiger partial charge in [0.05, 0.1) is 23.4 Å². The van der Waals surface area contributed by atoms with E-state index in [0.717, 1.165) is 0 Å². The van der Waals surface area contributed by atoms with E-state index in [1.807, 2.05) is 33.8 Å². The number of hydrogen-bond donors (Lipinski definition) is 1. The van der Waals surface area contributed by atoms with Crippen LogP contribution in [-0.4, -0.2) is 6.61 Å². The predicted octanol–water partition coefficient (Wildman–Crippen LogP) is 5.17. The van der Waals surface area contributed by atoms with Gasteiger partial charge in [-0.1, -0.05) is 27.7 Å². The molecule has 0 radical (unpaired) electrons. The standard InChI is InChI=1S/C18H16F2N2O.C2H6/c1-9(2)10-5-14(19)17(15(20)6-10)12-7-16(22)13(8-21)11-3-4-23-18(11)12;1-2/h5-7,9H,3-4,22H2,1-2H3;1-2H3. The van der Waals surface area contributed by atoms with Crippen LogP contribution in [0.3, 0.4) is 0 Å². The quantitative estimate of drug-likeness (QED) is 0.765. The van der Waals surface area contributed by atoms with Crippen molar-refractivity contribution in [3.8, 4) is 22.9 Å². The molecule has 1 aliphatic rings. The molecule has 2 aromatic carbocycles. The van der Waals surface area contributed by atoms with Crippen molar-refractivity contribution in [2.45, 2.75) is 40.0 Å². The summed E-state index contributed by atoms with van der Waals surface area (Å²) in [6, 6.07) is 6.12. The number of nitriles is 1. The fraction of sp³-hybridized carbons (Fsp3) is 0.350. The number of hydrogen-bond acceptors (Lipinski definition) is 3. The van der Waals surface area contributed by atoms with E-state index in [0.29, 0.717) is 35.5 Å². The number of halogens is 2. The van der Waals surface area contributed by atoms with E-state index >= 15 is 0 Å². The second kappa shape index (κ2) is 7.52. The van der Waals surface area contributed by atoms with Gasteiger partial charge in [0.2, 0.25) is 0 Å². The van der Waals surface area contributed by atoms with Crippen LogP contribution in [0.25, 0.3) is 11.1 Å². The van der Waals surface area contributed by atoms with Crippen LogP contribution in [0.1, 0.15) is 50.3 Å². The Hall–Kier alpha value is -2.61. The van der Waals surface area contributed by atoms with Crippen LogP contribution in [0, 0.1) is 23.0 Å². The Morgan fingerprint density at radius 3 is 2.28 bits per heavy atom. The zero-order valence-corrected chi connectivity index (χ0v) is 14.9. The number of benzene rings is 2. The highest BCUT2D eigenvalue weighted by atomic mass is 19.1. The summed E-state index contributed by atoms with van der Waals surface area (Å²) in [5.74, 6) is -0.946. The molecule has 0 unspecified atom stereocenters. The first-order valence-electron chi connectivity index (χ1n) is 8.41. The van der Waals surface area contributed by atoms with Crippen LogP contribution < -0.4 is 10.5 Å². The fourth-order valence-electron chi connectivity index (χ4n) is 2.90. The molecule has 0 saturated heterocycles.